The van der Waals surface area contributed by atoms with Crippen LogP contribution in [-0.2, 0) is 0 Å². The fourth-order valence-corrected chi connectivity index (χ4v) is 3.13. The molecule has 5 heteroatoms. The van der Waals surface area contributed by atoms with E-state index in [9.17, 15) is 0 Å². The molecule has 0 aliphatic rings. The Morgan fingerprint density at radius 1 is 1.17 bits per heavy atom. The van der Waals surface area contributed by atoms with Crippen LogP contribution in [0.3, 0.4) is 0 Å². The number of nitrogens with zero attached hydrogens (tertiary/aromatic N) is 3. The van der Waals surface area contributed by atoms with Gasteiger partial charge in [0.05, 0.1) is 5.52 Å². The Kier molecular flexibility index (Phi) is 7.25. The van der Waals surface area contributed by atoms with Crippen LogP contribution in [0.1, 0.15) is 45.9 Å². The quantitative estimate of drug-likeness (QED) is 0.654. The maximum atomic E-state index is 6.08. The Morgan fingerprint density at radius 3 is 2.62 bits per heavy atom. The van der Waals surface area contributed by atoms with Crippen molar-refractivity contribution in [2.45, 2.75) is 53.0 Å². The molecule has 0 aliphatic heterocycles. The van der Waals surface area contributed by atoms with Crippen molar-refractivity contribution in [2.75, 3.05) is 25.0 Å². The van der Waals surface area contributed by atoms with Crippen molar-refractivity contribution in [3.63, 3.8) is 0 Å². The molecule has 1 aromatic carbocycles. The topological polar surface area (TPSA) is 41.0 Å². The molecule has 1 N–H and O–H groups in total. The number of rotatable bonds is 9. The normalized spacial score (nSPS) is 12.8. The number of nitrogens with one attached hydrogen (secondary N) is 1. The molecule has 0 amide bonds. The first-order valence-electron chi connectivity index (χ1n) is 8.96. The van der Waals surface area contributed by atoms with Gasteiger partial charge in [0.2, 0.25) is 0 Å². The molecule has 132 valence electrons. The van der Waals surface area contributed by atoms with Crippen molar-refractivity contribution < 1.29 is 0 Å². The van der Waals surface area contributed by atoms with Crippen LogP contribution in [0.2, 0.25) is 5.02 Å². The number of anilines is 1. The first kappa shape index (κ1) is 18.9. The molecule has 0 fully saturated rings. The number of hydrogen-bond acceptors (Lipinski definition) is 4. The van der Waals surface area contributed by atoms with E-state index in [0.29, 0.717) is 11.1 Å². The van der Waals surface area contributed by atoms with E-state index in [-0.39, 0.29) is 0 Å². The summed E-state index contributed by atoms with van der Waals surface area (Å²) < 4.78 is 0. The third kappa shape index (κ3) is 5.32. The highest BCUT2D eigenvalue weighted by Crippen LogP contribution is 2.24. The third-order valence-electron chi connectivity index (χ3n) is 4.41. The summed E-state index contributed by atoms with van der Waals surface area (Å²) in [6.45, 7) is 12.0. The van der Waals surface area contributed by atoms with Gasteiger partial charge >= 0.3 is 0 Å². The van der Waals surface area contributed by atoms with Crippen molar-refractivity contribution in [2.24, 2.45) is 0 Å². The predicted octanol–water partition coefficient (Wildman–Crippen LogP) is 4.90. The SMILES string of the molecule is CCN(CC)CCCC[C@H](C)Nc1nc(C)nc2cc(Cl)ccc12. The van der Waals surface area contributed by atoms with Gasteiger partial charge in [0.25, 0.3) is 0 Å². The van der Waals surface area contributed by atoms with Crippen LogP contribution in [0.5, 0.6) is 0 Å². The zero-order valence-electron chi connectivity index (χ0n) is 15.3. The molecule has 2 aromatic rings. The van der Waals surface area contributed by atoms with E-state index in [1.165, 1.54) is 19.4 Å². The summed E-state index contributed by atoms with van der Waals surface area (Å²) in [4.78, 5) is 11.5. The number of unbranched alkanes of at least 4 members (excludes halogenated alkanes) is 1. The number of fused-ring (bicyclic) bond motifs is 1. The van der Waals surface area contributed by atoms with Crippen LogP contribution < -0.4 is 5.32 Å². The second-order valence-corrected chi connectivity index (χ2v) is 6.79. The van der Waals surface area contributed by atoms with E-state index in [1.54, 1.807) is 0 Å². The molecule has 1 heterocycles. The zero-order chi connectivity index (χ0) is 17.5. The second kappa shape index (κ2) is 9.19. The molecular formula is C19H29ClN4. The summed E-state index contributed by atoms with van der Waals surface area (Å²) in [7, 11) is 0. The van der Waals surface area contributed by atoms with Crippen LogP contribution in [0.15, 0.2) is 18.2 Å². The minimum atomic E-state index is 0.384. The van der Waals surface area contributed by atoms with Gasteiger partial charge in [-0.3, -0.25) is 0 Å². The molecule has 1 atom stereocenters. The highest BCUT2D eigenvalue weighted by Gasteiger charge is 2.10. The molecule has 1 aromatic heterocycles. The van der Waals surface area contributed by atoms with E-state index >= 15 is 0 Å². The smallest absolute Gasteiger partial charge is 0.137 e. The van der Waals surface area contributed by atoms with Crippen LogP contribution in [0, 0.1) is 6.92 Å². The Labute approximate surface area is 150 Å². The van der Waals surface area contributed by atoms with Crippen LogP contribution in [-0.4, -0.2) is 40.5 Å². The lowest BCUT2D eigenvalue weighted by Gasteiger charge is -2.19. The maximum absolute atomic E-state index is 6.08. The van der Waals surface area contributed by atoms with E-state index in [1.807, 2.05) is 25.1 Å². The third-order valence-corrected chi connectivity index (χ3v) is 4.64. The molecule has 0 bridgehead atoms. The molecule has 24 heavy (non-hydrogen) atoms. The van der Waals surface area contributed by atoms with Gasteiger partial charge in [0, 0.05) is 16.5 Å². The van der Waals surface area contributed by atoms with E-state index in [0.717, 1.165) is 42.1 Å². The summed E-state index contributed by atoms with van der Waals surface area (Å²) in [6, 6.07) is 6.16. The first-order valence-corrected chi connectivity index (χ1v) is 9.34. The lowest BCUT2D eigenvalue weighted by atomic mass is 10.1. The molecule has 0 saturated heterocycles. The molecule has 4 nitrogen and oxygen atoms in total. The predicted molar refractivity (Wildman–Crippen MR) is 104 cm³/mol. The molecule has 0 unspecified atom stereocenters. The zero-order valence-corrected chi connectivity index (χ0v) is 16.0. The summed E-state index contributed by atoms with van der Waals surface area (Å²) in [5, 5.41) is 5.29. The monoisotopic (exact) mass is 348 g/mol. The van der Waals surface area contributed by atoms with Crippen molar-refractivity contribution >= 4 is 28.3 Å². The number of benzene rings is 1. The molecular weight excluding hydrogens is 320 g/mol. The van der Waals surface area contributed by atoms with Gasteiger partial charge in [-0.15, -0.1) is 0 Å². The second-order valence-electron chi connectivity index (χ2n) is 6.35. The minimum Gasteiger partial charge on any atom is -0.367 e. The van der Waals surface area contributed by atoms with Crippen molar-refractivity contribution in [1.29, 1.82) is 0 Å². The van der Waals surface area contributed by atoms with Crippen LogP contribution in [0.25, 0.3) is 10.9 Å². The van der Waals surface area contributed by atoms with Gasteiger partial charge in [-0.2, -0.15) is 0 Å². The van der Waals surface area contributed by atoms with Crippen LogP contribution in [0.4, 0.5) is 5.82 Å². The van der Waals surface area contributed by atoms with Crippen LogP contribution >= 0.6 is 11.6 Å². The first-order chi connectivity index (χ1) is 11.5. The van der Waals surface area contributed by atoms with Gasteiger partial charge in [-0.1, -0.05) is 31.9 Å². The fourth-order valence-electron chi connectivity index (χ4n) is 2.96. The van der Waals surface area contributed by atoms with Gasteiger partial charge in [-0.05, 0) is 64.5 Å². The Balaban J connectivity index is 1.94. The Bertz CT molecular complexity index is 650. The maximum Gasteiger partial charge on any atom is 0.137 e. The Morgan fingerprint density at radius 2 is 1.92 bits per heavy atom. The van der Waals surface area contributed by atoms with E-state index in [4.69, 9.17) is 11.6 Å². The standard InChI is InChI=1S/C19H29ClN4/c1-5-24(6-2)12-8-7-9-14(3)21-19-17-11-10-16(20)13-18(17)22-15(4)23-19/h10-11,13-14H,5-9,12H2,1-4H3,(H,21,22,23)/t14-/m0/s1. The molecule has 2 rings (SSSR count). The lowest BCUT2D eigenvalue weighted by molar-refractivity contribution is 0.295. The van der Waals surface area contributed by atoms with Gasteiger partial charge in [-0.25, -0.2) is 9.97 Å². The van der Waals surface area contributed by atoms with Crippen molar-refractivity contribution in [3.05, 3.63) is 29.0 Å². The summed E-state index contributed by atoms with van der Waals surface area (Å²) in [5.74, 6) is 1.67. The molecule has 0 radical (unpaired) electrons. The van der Waals surface area contributed by atoms with Crippen molar-refractivity contribution in [3.8, 4) is 0 Å². The number of aromatic nitrogens is 2. The van der Waals surface area contributed by atoms with Crippen molar-refractivity contribution in [1.82, 2.24) is 14.9 Å². The molecule has 0 saturated carbocycles. The summed E-state index contributed by atoms with van der Waals surface area (Å²) >= 11 is 6.08. The average Bonchev–Trinajstić information content (AvgIpc) is 2.54. The summed E-state index contributed by atoms with van der Waals surface area (Å²) in [5.41, 5.74) is 0.895. The number of halogens is 1. The Hall–Kier alpha value is -1.39. The van der Waals surface area contributed by atoms with E-state index in [2.05, 4.69) is 41.0 Å². The van der Waals surface area contributed by atoms with Gasteiger partial charge in [0.15, 0.2) is 0 Å². The fraction of sp³-hybridized carbons (Fsp3) is 0.579. The average molecular weight is 349 g/mol. The number of hydrogen-bond donors (Lipinski definition) is 1. The lowest BCUT2D eigenvalue weighted by Crippen LogP contribution is -2.24. The minimum absolute atomic E-state index is 0.384. The van der Waals surface area contributed by atoms with Gasteiger partial charge in [0.1, 0.15) is 11.6 Å². The molecule has 0 spiro atoms. The highest BCUT2D eigenvalue weighted by molar-refractivity contribution is 6.31. The van der Waals surface area contributed by atoms with Gasteiger partial charge < -0.3 is 10.2 Å². The highest BCUT2D eigenvalue weighted by atomic mass is 35.5. The summed E-state index contributed by atoms with van der Waals surface area (Å²) in [6.07, 6.45) is 3.60. The largest absolute Gasteiger partial charge is 0.367 e. The molecule has 0 aliphatic carbocycles. The van der Waals surface area contributed by atoms with E-state index < -0.39 is 0 Å². The number of aryl methyl sites for hydroxylation is 1.